The van der Waals surface area contributed by atoms with Gasteiger partial charge in [-0.1, -0.05) is 6.07 Å². The molecule has 0 spiro atoms. The number of nitrogens with one attached hydrogen (secondary N) is 1. The quantitative estimate of drug-likeness (QED) is 0.718. The van der Waals surface area contributed by atoms with Crippen LogP contribution in [0.1, 0.15) is 34.1 Å². The number of anilines is 1. The normalized spacial score (nSPS) is 18.7. The molecule has 30 heavy (non-hydrogen) atoms. The molecule has 8 heteroatoms. The number of amides is 1. The molecule has 5 rings (SSSR count). The Morgan fingerprint density at radius 3 is 2.90 bits per heavy atom. The molecule has 7 nitrogen and oxygen atoms in total. The highest BCUT2D eigenvalue weighted by molar-refractivity contribution is 5.96. The average molecular weight is 410 g/mol. The van der Waals surface area contributed by atoms with Crippen molar-refractivity contribution in [1.29, 1.82) is 0 Å². The van der Waals surface area contributed by atoms with Gasteiger partial charge in [0.1, 0.15) is 11.6 Å². The summed E-state index contributed by atoms with van der Waals surface area (Å²) in [6, 6.07) is 6.41. The molecule has 4 heterocycles. The monoisotopic (exact) mass is 410 g/mol. The lowest BCUT2D eigenvalue weighted by Crippen LogP contribution is -2.40. The third kappa shape index (κ3) is 3.37. The van der Waals surface area contributed by atoms with Crippen molar-refractivity contribution in [3.05, 3.63) is 59.3 Å². The fraction of sp³-hybridized carbons (Fsp3) is 0.364. The number of aryl methyl sites for hydroxylation is 1. The largest absolute Gasteiger partial charge is 0.493 e. The number of ether oxygens (including phenoxy) is 2. The van der Waals surface area contributed by atoms with Gasteiger partial charge in [-0.25, -0.2) is 9.37 Å². The van der Waals surface area contributed by atoms with Crippen molar-refractivity contribution in [2.45, 2.75) is 19.4 Å². The molecular weight excluding hydrogens is 387 g/mol. The van der Waals surface area contributed by atoms with Gasteiger partial charge in [0.25, 0.3) is 5.91 Å². The van der Waals surface area contributed by atoms with Crippen LogP contribution in [0.15, 0.2) is 36.7 Å². The van der Waals surface area contributed by atoms with E-state index >= 15 is 0 Å². The van der Waals surface area contributed by atoms with Crippen LogP contribution in [-0.2, 0) is 4.74 Å². The lowest BCUT2D eigenvalue weighted by atomic mass is 9.99. The highest BCUT2D eigenvalue weighted by Crippen LogP contribution is 2.37. The molecule has 2 aliphatic rings. The van der Waals surface area contributed by atoms with Crippen LogP contribution in [-0.4, -0.2) is 53.1 Å². The number of aromatic nitrogens is 2. The molecule has 0 aliphatic carbocycles. The van der Waals surface area contributed by atoms with Gasteiger partial charge >= 0.3 is 0 Å². The Morgan fingerprint density at radius 1 is 1.23 bits per heavy atom. The van der Waals surface area contributed by atoms with Crippen molar-refractivity contribution in [1.82, 2.24) is 14.3 Å². The predicted octanol–water partition coefficient (Wildman–Crippen LogP) is 3.19. The first kappa shape index (κ1) is 18.9. The number of imidazole rings is 1. The van der Waals surface area contributed by atoms with E-state index in [2.05, 4.69) is 10.3 Å². The molecule has 156 valence electrons. The van der Waals surface area contributed by atoms with E-state index in [0.29, 0.717) is 67.5 Å². The van der Waals surface area contributed by atoms with E-state index in [1.807, 2.05) is 23.6 Å². The van der Waals surface area contributed by atoms with Crippen LogP contribution >= 0.6 is 0 Å². The van der Waals surface area contributed by atoms with Crippen molar-refractivity contribution in [2.24, 2.45) is 0 Å². The van der Waals surface area contributed by atoms with Gasteiger partial charge in [0.15, 0.2) is 5.65 Å². The van der Waals surface area contributed by atoms with Crippen molar-refractivity contribution in [2.75, 3.05) is 38.2 Å². The van der Waals surface area contributed by atoms with Crippen molar-refractivity contribution in [3.8, 4) is 5.75 Å². The van der Waals surface area contributed by atoms with Crippen LogP contribution in [0.4, 0.5) is 10.1 Å². The Bertz CT molecular complexity index is 1110. The average Bonchev–Trinajstić information content (AvgIpc) is 3.14. The first-order chi connectivity index (χ1) is 14.6. The molecule has 0 saturated carbocycles. The molecule has 0 bridgehead atoms. The van der Waals surface area contributed by atoms with Crippen LogP contribution in [0.2, 0.25) is 0 Å². The number of carbonyl (C=O) groups is 1. The van der Waals surface area contributed by atoms with Gasteiger partial charge in [-0.3, -0.25) is 4.79 Å². The zero-order chi connectivity index (χ0) is 20.7. The standard InChI is InChI=1S/C22H23FN4O3/c1-14-12-27-13-15(22(28)26-6-9-29-10-7-26)11-18(21(27)24-14)25-17-5-8-30-19-4-2-3-16(23)20(17)19/h2-4,11-13,17,25H,5-10H2,1H3. The van der Waals surface area contributed by atoms with Gasteiger partial charge in [0, 0.05) is 31.9 Å². The van der Waals surface area contributed by atoms with Crippen LogP contribution in [0.5, 0.6) is 5.75 Å². The van der Waals surface area contributed by atoms with Gasteiger partial charge in [-0.15, -0.1) is 0 Å². The number of nitrogens with zero attached hydrogens (tertiary/aromatic N) is 3. The molecule has 0 radical (unpaired) electrons. The van der Waals surface area contributed by atoms with E-state index in [-0.39, 0.29) is 17.8 Å². The van der Waals surface area contributed by atoms with Gasteiger partial charge < -0.3 is 24.1 Å². The number of halogens is 1. The van der Waals surface area contributed by atoms with Gasteiger partial charge in [0.2, 0.25) is 0 Å². The zero-order valence-electron chi connectivity index (χ0n) is 16.7. The second-order valence-corrected chi connectivity index (χ2v) is 7.65. The summed E-state index contributed by atoms with van der Waals surface area (Å²) in [5.74, 6) is 0.198. The summed E-state index contributed by atoms with van der Waals surface area (Å²) >= 11 is 0. The second-order valence-electron chi connectivity index (χ2n) is 7.65. The molecule has 1 amide bonds. The highest BCUT2D eigenvalue weighted by atomic mass is 19.1. The van der Waals surface area contributed by atoms with Crippen molar-refractivity contribution >= 4 is 17.2 Å². The van der Waals surface area contributed by atoms with Crippen LogP contribution in [0, 0.1) is 12.7 Å². The number of hydrogen-bond acceptors (Lipinski definition) is 5. The Kier molecular flexibility index (Phi) is 4.78. The predicted molar refractivity (Wildman–Crippen MR) is 110 cm³/mol. The fourth-order valence-corrected chi connectivity index (χ4v) is 4.14. The highest BCUT2D eigenvalue weighted by Gasteiger charge is 2.27. The molecule has 1 fully saturated rings. The van der Waals surface area contributed by atoms with Crippen LogP contribution < -0.4 is 10.1 Å². The lowest BCUT2D eigenvalue weighted by Gasteiger charge is -2.29. The van der Waals surface area contributed by atoms with E-state index in [4.69, 9.17) is 9.47 Å². The topological polar surface area (TPSA) is 68.1 Å². The maximum Gasteiger partial charge on any atom is 0.255 e. The third-order valence-corrected chi connectivity index (χ3v) is 5.57. The summed E-state index contributed by atoms with van der Waals surface area (Å²) < 4.78 is 27.4. The smallest absolute Gasteiger partial charge is 0.255 e. The van der Waals surface area contributed by atoms with Crippen molar-refractivity contribution in [3.63, 3.8) is 0 Å². The van der Waals surface area contributed by atoms with E-state index in [9.17, 15) is 9.18 Å². The number of rotatable bonds is 3. The Balaban J connectivity index is 1.54. The number of carbonyl (C=O) groups excluding carboxylic acids is 1. The summed E-state index contributed by atoms with van der Waals surface area (Å²) in [6.07, 6.45) is 4.30. The number of pyridine rings is 1. The molecule has 2 aromatic heterocycles. The number of hydrogen-bond donors (Lipinski definition) is 1. The summed E-state index contributed by atoms with van der Waals surface area (Å²) in [4.78, 5) is 19.5. The minimum absolute atomic E-state index is 0.0480. The molecule has 1 atom stereocenters. The first-order valence-corrected chi connectivity index (χ1v) is 10.1. The van der Waals surface area contributed by atoms with Crippen LogP contribution in [0.25, 0.3) is 5.65 Å². The number of benzene rings is 1. The molecule has 1 aromatic carbocycles. The maximum absolute atomic E-state index is 14.6. The minimum atomic E-state index is -0.305. The minimum Gasteiger partial charge on any atom is -0.493 e. The molecule has 1 saturated heterocycles. The fourth-order valence-electron chi connectivity index (χ4n) is 4.14. The Morgan fingerprint density at radius 2 is 2.07 bits per heavy atom. The van der Waals surface area contributed by atoms with Crippen molar-refractivity contribution < 1.29 is 18.7 Å². The molecule has 1 unspecified atom stereocenters. The lowest BCUT2D eigenvalue weighted by molar-refractivity contribution is 0.0302. The maximum atomic E-state index is 14.6. The molecular formula is C22H23FN4O3. The molecule has 1 N–H and O–H groups in total. The molecule has 3 aromatic rings. The van der Waals surface area contributed by atoms with E-state index in [1.54, 1.807) is 23.2 Å². The van der Waals surface area contributed by atoms with E-state index in [0.717, 1.165) is 5.69 Å². The molecule has 2 aliphatic heterocycles. The zero-order valence-corrected chi connectivity index (χ0v) is 16.7. The van der Waals surface area contributed by atoms with Gasteiger partial charge in [-0.2, -0.15) is 0 Å². The number of fused-ring (bicyclic) bond motifs is 2. The summed E-state index contributed by atoms with van der Waals surface area (Å²) in [6.45, 7) is 4.62. The number of morpholine rings is 1. The summed E-state index contributed by atoms with van der Waals surface area (Å²) in [5, 5.41) is 3.43. The third-order valence-electron chi connectivity index (χ3n) is 5.57. The van der Waals surface area contributed by atoms with Crippen LogP contribution in [0.3, 0.4) is 0 Å². The summed E-state index contributed by atoms with van der Waals surface area (Å²) in [5.41, 5.74) is 3.31. The first-order valence-electron chi connectivity index (χ1n) is 10.1. The van der Waals surface area contributed by atoms with E-state index < -0.39 is 0 Å². The second kappa shape index (κ2) is 7.60. The Hall–Kier alpha value is -3.13. The summed E-state index contributed by atoms with van der Waals surface area (Å²) in [7, 11) is 0. The van der Waals surface area contributed by atoms with Gasteiger partial charge in [-0.05, 0) is 25.1 Å². The SMILES string of the molecule is Cc1cn2cc(C(=O)N3CCOCC3)cc(NC3CCOc4cccc(F)c43)c2n1. The van der Waals surface area contributed by atoms with E-state index in [1.165, 1.54) is 6.07 Å². The Labute approximate surface area is 173 Å². The van der Waals surface area contributed by atoms with Gasteiger partial charge in [0.05, 0.1) is 48.4 Å².